The molecule has 1 fully saturated rings. The van der Waals surface area contributed by atoms with Gasteiger partial charge in [0.2, 0.25) is 17.7 Å². The van der Waals surface area contributed by atoms with Crippen LogP contribution in [0.5, 0.6) is 0 Å². The van der Waals surface area contributed by atoms with Crippen LogP contribution < -0.4 is 26.5 Å². The van der Waals surface area contributed by atoms with Crippen molar-refractivity contribution in [1.82, 2.24) is 40.9 Å². The minimum atomic E-state index is -3.76. The smallest absolute Gasteiger partial charge is 0.326 e. The number of carboxylic acid groups (broad SMARTS) is 9. The van der Waals surface area contributed by atoms with Gasteiger partial charge in [0.05, 0.1) is 37.4 Å². The molecule has 0 unspecified atom stereocenters. The van der Waals surface area contributed by atoms with Crippen LogP contribution >= 0.6 is 0 Å². The van der Waals surface area contributed by atoms with E-state index >= 15 is 4.11 Å². The molecule has 0 radical (unpaired) electrons. The lowest BCUT2D eigenvalue weighted by molar-refractivity contribution is -0.147. The largest absolute Gasteiger partial charge is 0.481 e. The normalized spacial score (nSPS) is 15.8. The van der Waals surface area contributed by atoms with Crippen molar-refractivity contribution in [2.45, 2.75) is 185 Å². The summed E-state index contributed by atoms with van der Waals surface area (Å²) >= 11 is 0. The lowest BCUT2D eigenvalue weighted by atomic mass is 9.90. The Morgan fingerprint density at radius 3 is 1.32 bits per heavy atom. The molecule has 0 aromatic heterocycles. The molecular formula is C67H103FN8O25Si. The van der Waals surface area contributed by atoms with Crippen LogP contribution in [0.3, 0.4) is 0 Å². The molecule has 2 rings (SSSR count). The van der Waals surface area contributed by atoms with Crippen molar-refractivity contribution in [1.29, 1.82) is 0 Å². The molecule has 1 heterocycles. The first-order chi connectivity index (χ1) is 47.5. The third kappa shape index (κ3) is 33.4. The quantitative estimate of drug-likeness (QED) is 0.0253. The highest BCUT2D eigenvalue weighted by Gasteiger charge is 2.56. The fraction of sp³-hybridized carbons (Fsp3) is 0.672. The summed E-state index contributed by atoms with van der Waals surface area (Å²) in [6.45, 7) is 8.94. The molecule has 1 aliphatic heterocycles. The van der Waals surface area contributed by atoms with Crippen LogP contribution in [-0.2, 0) is 71.9 Å². The molecule has 0 spiro atoms. The molecular weight excluding hydrogens is 1360 g/mol. The van der Waals surface area contributed by atoms with Gasteiger partial charge in [-0.05, 0) is 78.8 Å². The maximum Gasteiger partial charge on any atom is 0.326 e. The number of benzene rings is 1. The number of aliphatic carboxylic acids is 9. The first kappa shape index (κ1) is 89.4. The summed E-state index contributed by atoms with van der Waals surface area (Å²) in [7, 11) is -3.76. The summed E-state index contributed by atoms with van der Waals surface area (Å²) in [5.41, 5.74) is 0.0713. The Labute approximate surface area is 591 Å². The molecule has 0 saturated carbocycles. The van der Waals surface area contributed by atoms with Crippen molar-refractivity contribution in [2.24, 2.45) is 17.8 Å². The van der Waals surface area contributed by atoms with Gasteiger partial charge in [0.15, 0.2) is 0 Å². The maximum atomic E-state index is 17.2. The van der Waals surface area contributed by atoms with Gasteiger partial charge in [-0.25, -0.2) is 9.59 Å². The summed E-state index contributed by atoms with van der Waals surface area (Å²) in [5, 5.41) is 96.1. The van der Waals surface area contributed by atoms with E-state index < -0.39 is 214 Å². The highest BCUT2D eigenvalue weighted by Crippen LogP contribution is 2.51. The van der Waals surface area contributed by atoms with E-state index in [2.05, 4.69) is 21.3 Å². The number of nitrogens with one attached hydrogen (secondary N) is 4. The molecule has 572 valence electrons. The fourth-order valence-electron chi connectivity index (χ4n) is 12.2. The molecule has 0 aliphatic carbocycles. The van der Waals surface area contributed by atoms with E-state index in [0.717, 1.165) is 0 Å². The Morgan fingerprint density at radius 1 is 0.431 bits per heavy atom. The standard InChI is InChI=1S/C67H103FN8O25Si/c1-66(2,3)102(68,67(4,5)6)49-20-14-42(15-21-49)59(90)70-38-45(37-47(78)18-22-52(65(100)101)76-33-31-74(40-57(86)87)29-27-73(39-56(84)85)28-30-75(32-34-76)41-58(88)89)60(91)72-51(64(98)99)13-9-10-26-69-53(80)24-19-46(77)11-7-8-12-50(63(96)97)71-54(81)23-16-43(61(92)93)35-48(79)36-44(62(94)95)17-25-55(82)83/h14-15,20-21,43-45,50-52H,7-13,16-19,22-41H2,1-6H3,(H,69,80)(H,70,90)(H,71,81)(H,72,91)(H,82,83)(H,84,85)(H,86,87)(H,88,89)(H,92,93)(H,94,95)(H,96,97)(H,98,99)(H,100,101)/t43-,44-,45-,50-,51+,52-/m1/s1. The zero-order valence-corrected chi connectivity index (χ0v) is 59.9. The highest BCUT2D eigenvalue weighted by molar-refractivity contribution is 6.90. The molecule has 6 atom stereocenters. The van der Waals surface area contributed by atoms with Gasteiger partial charge in [-0.2, -0.15) is 0 Å². The van der Waals surface area contributed by atoms with E-state index in [9.17, 15) is 118 Å². The SMILES string of the molecule is CC(C)(C)[Si](F)(c1ccc(C(=O)NC[C@@H](CC(=O)CC[C@H](C(=O)O)N2CCN(CC(=O)O)CCN(CC(=O)O)CCN(CC(=O)O)CC2)C(=O)N[C@@H](CCCCNC(=O)CCC(=O)CCCC[C@@H](NC(=O)CC[C@H](CC(=O)C[C@@H](CCC(=O)O)C(=O)O)C(=O)O)C(=O)O)C(=O)O)cc1)C(C)(C)C. The lowest BCUT2D eigenvalue weighted by Gasteiger charge is -2.44. The number of carbonyl (C=O) groups is 16. The van der Waals surface area contributed by atoms with Gasteiger partial charge in [0.25, 0.3) is 14.3 Å². The summed E-state index contributed by atoms with van der Waals surface area (Å²) in [6, 6.07) is 1.51. The second kappa shape index (κ2) is 44.0. The van der Waals surface area contributed by atoms with Crippen LogP contribution in [0.25, 0.3) is 0 Å². The van der Waals surface area contributed by atoms with Crippen molar-refractivity contribution in [3.8, 4) is 0 Å². The van der Waals surface area contributed by atoms with E-state index in [1.54, 1.807) is 0 Å². The third-order valence-corrected chi connectivity index (χ3v) is 23.0. The predicted molar refractivity (Wildman–Crippen MR) is 364 cm³/mol. The Balaban J connectivity index is 2.15. The molecule has 1 aromatic rings. The molecule has 33 nitrogen and oxygen atoms in total. The number of amides is 4. The summed E-state index contributed by atoms with van der Waals surface area (Å²) < 4.78 is 17.2. The minimum absolute atomic E-state index is 0.0163. The average molecular weight is 1470 g/mol. The molecule has 4 amide bonds. The van der Waals surface area contributed by atoms with Gasteiger partial charge in [-0.1, -0.05) is 60.1 Å². The van der Waals surface area contributed by atoms with Crippen molar-refractivity contribution >= 4 is 108 Å². The van der Waals surface area contributed by atoms with E-state index in [4.69, 9.17) is 5.11 Å². The summed E-state index contributed by atoms with van der Waals surface area (Å²) in [4.78, 5) is 206. The third-order valence-electron chi connectivity index (χ3n) is 17.7. The topological polar surface area (TPSA) is 516 Å². The number of carboxylic acids is 9. The molecule has 102 heavy (non-hydrogen) atoms. The van der Waals surface area contributed by atoms with Gasteiger partial charge in [0, 0.05) is 129 Å². The first-order valence-electron chi connectivity index (χ1n) is 34.0. The number of ketones is 3. The van der Waals surface area contributed by atoms with Gasteiger partial charge in [-0.3, -0.25) is 86.7 Å². The van der Waals surface area contributed by atoms with Crippen LogP contribution in [0.2, 0.25) is 10.1 Å². The minimum Gasteiger partial charge on any atom is -0.481 e. The van der Waals surface area contributed by atoms with Crippen LogP contribution in [0.1, 0.15) is 167 Å². The monoisotopic (exact) mass is 1470 g/mol. The molecule has 0 bridgehead atoms. The van der Waals surface area contributed by atoms with E-state index in [0.29, 0.717) is 5.19 Å². The number of carbonyl (C=O) groups excluding carboxylic acids is 7. The van der Waals surface area contributed by atoms with E-state index in [-0.39, 0.29) is 141 Å². The highest BCUT2D eigenvalue weighted by atomic mass is 28.4. The molecule has 1 aromatic carbocycles. The number of hydrogen-bond acceptors (Lipinski definition) is 20. The van der Waals surface area contributed by atoms with Crippen LogP contribution in [0, 0.1) is 17.8 Å². The lowest BCUT2D eigenvalue weighted by Crippen LogP contribution is -2.57. The summed E-state index contributed by atoms with van der Waals surface area (Å²) in [5.74, 6) is -21.2. The number of nitrogens with zero attached hydrogens (tertiary/aromatic N) is 4. The van der Waals surface area contributed by atoms with E-state index in [1.165, 1.54) is 43.9 Å². The molecule has 1 saturated heterocycles. The number of halogens is 1. The Kier molecular flexibility index (Phi) is 38.5. The van der Waals surface area contributed by atoms with Gasteiger partial charge in [0.1, 0.15) is 35.5 Å². The Bertz CT molecular complexity index is 3040. The predicted octanol–water partition coefficient (Wildman–Crippen LogP) is 2.15. The van der Waals surface area contributed by atoms with Crippen LogP contribution in [-0.4, -0.2) is 272 Å². The second-order valence-corrected chi connectivity index (χ2v) is 32.7. The zero-order valence-electron chi connectivity index (χ0n) is 58.9. The van der Waals surface area contributed by atoms with Crippen LogP contribution in [0.4, 0.5) is 4.11 Å². The van der Waals surface area contributed by atoms with Crippen molar-refractivity contribution in [2.75, 3.05) is 85.1 Å². The van der Waals surface area contributed by atoms with Gasteiger partial charge in [-0.15, -0.1) is 0 Å². The van der Waals surface area contributed by atoms with Gasteiger partial charge >= 0.3 is 53.7 Å². The number of Topliss-reactive ketones (excluding diaryl/α,β-unsaturated/α-hetero) is 3. The fourth-order valence-corrected chi connectivity index (χ4v) is 16.8. The Hall–Kier alpha value is -8.67. The molecule has 13 N–H and O–H groups in total. The molecule has 35 heteroatoms. The van der Waals surface area contributed by atoms with Crippen molar-refractivity contribution in [3.63, 3.8) is 0 Å². The molecule has 1 aliphatic rings. The first-order valence-corrected chi connectivity index (χ1v) is 35.8. The second-order valence-electron chi connectivity index (χ2n) is 27.8. The number of hydrogen-bond donors (Lipinski definition) is 13. The van der Waals surface area contributed by atoms with Crippen LogP contribution in [0.15, 0.2) is 24.3 Å². The Morgan fingerprint density at radius 2 is 0.882 bits per heavy atom. The zero-order chi connectivity index (χ0) is 77.2. The number of rotatable bonds is 47. The van der Waals surface area contributed by atoms with Crippen molar-refractivity contribution in [3.05, 3.63) is 29.8 Å². The van der Waals surface area contributed by atoms with Crippen molar-refractivity contribution < 1.29 is 127 Å². The number of unbranched alkanes of at least 4 members (excludes halogenated alkanes) is 2. The van der Waals surface area contributed by atoms with Gasteiger partial charge < -0.3 is 71.3 Å². The average Bonchev–Trinajstić information content (AvgIpc) is 0.748. The summed E-state index contributed by atoms with van der Waals surface area (Å²) in [6.07, 6.45) is -4.80. The van der Waals surface area contributed by atoms with E-state index in [1.807, 2.05) is 41.5 Å². The maximum absolute atomic E-state index is 17.2.